The number of nitrogens with zero attached hydrogens (tertiary/aromatic N) is 1. The first kappa shape index (κ1) is 20.3. The van der Waals surface area contributed by atoms with Crippen molar-refractivity contribution in [3.05, 3.63) is 35.4 Å². The first-order valence-corrected chi connectivity index (χ1v) is 12.8. The van der Waals surface area contributed by atoms with E-state index in [0.29, 0.717) is 6.61 Å². The van der Waals surface area contributed by atoms with E-state index >= 15 is 0 Å². The van der Waals surface area contributed by atoms with Crippen molar-refractivity contribution in [3.8, 4) is 0 Å². The molecule has 1 aromatic carbocycles. The third-order valence-electron chi connectivity index (χ3n) is 7.16. The molecule has 0 spiro atoms. The van der Waals surface area contributed by atoms with E-state index in [2.05, 4.69) is 59.8 Å². The number of hydrogen-bond donors (Lipinski definition) is 0. The number of carbonyl (C=O) groups excluding carboxylic acids is 2. The van der Waals surface area contributed by atoms with Crippen molar-refractivity contribution in [2.75, 3.05) is 6.61 Å². The monoisotopic (exact) mass is 385 g/mol. The molecular formula is C21H32BNO3Si. The summed E-state index contributed by atoms with van der Waals surface area (Å²) in [5.41, 5.74) is 2.15. The van der Waals surface area contributed by atoms with Crippen LogP contribution in [0.15, 0.2) is 24.3 Å². The van der Waals surface area contributed by atoms with Crippen molar-refractivity contribution in [2.24, 2.45) is 5.92 Å². The Morgan fingerprint density at radius 1 is 1.26 bits per heavy atom. The van der Waals surface area contributed by atoms with Crippen LogP contribution >= 0.6 is 0 Å². The zero-order chi connectivity index (χ0) is 20.4. The fourth-order valence-corrected chi connectivity index (χ4v) is 5.63. The third-order valence-corrected chi connectivity index (χ3v) is 11.7. The molecule has 3 atom stereocenters. The van der Waals surface area contributed by atoms with E-state index in [1.54, 1.807) is 0 Å². The van der Waals surface area contributed by atoms with Gasteiger partial charge in [-0.3, -0.25) is 14.5 Å². The quantitative estimate of drug-likeness (QED) is 0.746. The van der Waals surface area contributed by atoms with E-state index < -0.39 is 8.32 Å². The van der Waals surface area contributed by atoms with Gasteiger partial charge in [0.05, 0.1) is 18.6 Å². The summed E-state index contributed by atoms with van der Waals surface area (Å²) in [6.07, 6.45) is 0. The number of fused-ring (bicyclic) bond motifs is 3. The molecule has 2 amide bonds. The standard InChI is InChI=1S/C21H32BNO3Si/c1-20(2,3)27(6,7)26-12-15-16-13-10-8-9-11-14(13)21(4,5)17(16)18(24)23(15)19(22)25/h8-11,15-17H,12,22H2,1-7H3/t15-,16-,17?/m1/s1. The van der Waals surface area contributed by atoms with E-state index in [-0.39, 0.29) is 40.0 Å². The molecule has 1 aromatic rings. The molecule has 0 N–H and O–H groups in total. The molecular weight excluding hydrogens is 353 g/mol. The van der Waals surface area contributed by atoms with Gasteiger partial charge < -0.3 is 4.43 Å². The van der Waals surface area contributed by atoms with Gasteiger partial charge >= 0.3 is 0 Å². The average molecular weight is 385 g/mol. The number of rotatable bonds is 3. The first-order valence-electron chi connectivity index (χ1n) is 9.87. The fraction of sp³-hybridized carbons (Fsp3) is 0.619. The molecule has 0 bridgehead atoms. The highest BCUT2D eigenvalue weighted by atomic mass is 28.4. The molecule has 1 aliphatic heterocycles. The van der Waals surface area contributed by atoms with Crippen LogP contribution in [0.5, 0.6) is 0 Å². The Balaban J connectivity index is 2.02. The molecule has 0 radical (unpaired) electrons. The van der Waals surface area contributed by atoms with Crippen molar-refractivity contribution in [2.45, 2.75) is 70.1 Å². The maximum Gasteiger partial charge on any atom is 0.233 e. The van der Waals surface area contributed by atoms with E-state index in [0.717, 1.165) is 0 Å². The van der Waals surface area contributed by atoms with Gasteiger partial charge in [0.2, 0.25) is 13.8 Å². The molecule has 27 heavy (non-hydrogen) atoms. The molecule has 6 heteroatoms. The van der Waals surface area contributed by atoms with Crippen LogP contribution in [0.25, 0.3) is 0 Å². The Labute approximate surface area is 165 Å². The molecule has 0 aromatic heterocycles. The van der Waals surface area contributed by atoms with Crippen molar-refractivity contribution < 1.29 is 14.0 Å². The zero-order valence-corrected chi connectivity index (χ0v) is 18.9. The van der Waals surface area contributed by atoms with E-state index in [1.807, 2.05) is 12.1 Å². The van der Waals surface area contributed by atoms with Crippen molar-refractivity contribution in [1.29, 1.82) is 0 Å². The highest BCUT2D eigenvalue weighted by molar-refractivity contribution is 6.74. The number of likely N-dealkylation sites (tertiary alicyclic amines) is 1. The lowest BCUT2D eigenvalue weighted by Crippen LogP contribution is -2.48. The molecule has 1 unspecified atom stereocenters. The largest absolute Gasteiger partial charge is 0.415 e. The summed E-state index contributed by atoms with van der Waals surface area (Å²) in [6.45, 7) is 15.7. The normalized spacial score (nSPS) is 26.9. The second kappa shape index (κ2) is 6.31. The number of carbonyl (C=O) groups is 2. The number of hydrogen-bond acceptors (Lipinski definition) is 3. The van der Waals surface area contributed by atoms with E-state index in [1.165, 1.54) is 23.9 Å². The lowest BCUT2D eigenvalue weighted by molar-refractivity contribution is -0.130. The Morgan fingerprint density at radius 2 is 1.85 bits per heavy atom. The van der Waals surface area contributed by atoms with Crippen molar-refractivity contribution in [1.82, 2.24) is 4.90 Å². The predicted molar refractivity (Wildman–Crippen MR) is 113 cm³/mol. The van der Waals surface area contributed by atoms with Crippen LogP contribution in [-0.4, -0.2) is 45.4 Å². The molecule has 1 fully saturated rings. The first-order chi connectivity index (χ1) is 12.3. The SMILES string of the molecule is BC(=O)N1C(=O)C2[C@H](c3ccccc3C2(C)C)[C@H]1CO[Si](C)(C)C(C)(C)C. The van der Waals surface area contributed by atoms with Crippen molar-refractivity contribution in [3.63, 3.8) is 0 Å². The van der Waals surface area contributed by atoms with Crippen LogP contribution < -0.4 is 0 Å². The summed E-state index contributed by atoms with van der Waals surface area (Å²) < 4.78 is 6.49. The van der Waals surface area contributed by atoms with Crippen molar-refractivity contribution >= 4 is 27.9 Å². The fourth-order valence-electron chi connectivity index (χ4n) is 4.61. The smallest absolute Gasteiger partial charge is 0.233 e. The van der Waals surface area contributed by atoms with Crippen LogP contribution in [-0.2, 0) is 14.6 Å². The average Bonchev–Trinajstić information content (AvgIpc) is 2.96. The summed E-state index contributed by atoms with van der Waals surface area (Å²) in [5, 5.41) is 0.0862. The van der Waals surface area contributed by atoms with Crippen LogP contribution in [0.1, 0.15) is 51.7 Å². The maximum absolute atomic E-state index is 13.3. The predicted octanol–water partition coefficient (Wildman–Crippen LogP) is 3.66. The maximum atomic E-state index is 13.3. The van der Waals surface area contributed by atoms with Gasteiger partial charge in [-0.05, 0) is 29.3 Å². The molecule has 4 nitrogen and oxygen atoms in total. The van der Waals surface area contributed by atoms with Crippen LogP contribution in [0, 0.1) is 5.92 Å². The van der Waals surface area contributed by atoms with Gasteiger partial charge in [0.25, 0.3) is 0 Å². The van der Waals surface area contributed by atoms with Gasteiger partial charge in [-0.25, -0.2) is 0 Å². The van der Waals surface area contributed by atoms with Gasteiger partial charge in [0.1, 0.15) is 0 Å². The van der Waals surface area contributed by atoms with E-state index in [4.69, 9.17) is 4.43 Å². The minimum Gasteiger partial charge on any atom is -0.415 e. The second-order valence-electron chi connectivity index (χ2n) is 10.2. The summed E-state index contributed by atoms with van der Waals surface area (Å²) >= 11 is 0. The number of benzene rings is 1. The molecule has 1 heterocycles. The number of amides is 2. The van der Waals surface area contributed by atoms with Gasteiger partial charge in [-0.2, -0.15) is 0 Å². The van der Waals surface area contributed by atoms with Crippen LogP contribution in [0.3, 0.4) is 0 Å². The van der Waals surface area contributed by atoms with Gasteiger partial charge in [0.15, 0.2) is 14.1 Å². The minimum atomic E-state index is -1.98. The number of imide groups is 1. The Morgan fingerprint density at radius 3 is 2.41 bits per heavy atom. The molecule has 2 aliphatic rings. The molecule has 146 valence electrons. The van der Waals surface area contributed by atoms with E-state index in [9.17, 15) is 9.59 Å². The molecule has 0 saturated carbocycles. The third kappa shape index (κ3) is 3.01. The Bertz CT molecular complexity index is 784. The second-order valence-corrected chi connectivity index (χ2v) is 15.0. The molecule has 1 aliphatic carbocycles. The van der Waals surface area contributed by atoms with Gasteiger partial charge in [-0.15, -0.1) is 0 Å². The lowest BCUT2D eigenvalue weighted by Gasteiger charge is -2.38. The molecule has 3 rings (SSSR count). The summed E-state index contributed by atoms with van der Waals surface area (Å²) in [5.74, 6) is -0.409. The Hall–Kier alpha value is -1.40. The minimum absolute atomic E-state index is 0.0115. The zero-order valence-electron chi connectivity index (χ0n) is 17.9. The van der Waals surface area contributed by atoms with Crippen LogP contribution in [0.4, 0.5) is 4.79 Å². The van der Waals surface area contributed by atoms with Crippen LogP contribution in [0.2, 0.25) is 18.1 Å². The lowest BCUT2D eigenvalue weighted by atomic mass is 9.76. The summed E-state index contributed by atoms with van der Waals surface area (Å²) in [6, 6.07) is 8.10. The highest BCUT2D eigenvalue weighted by Crippen LogP contribution is 2.57. The topological polar surface area (TPSA) is 46.6 Å². The summed E-state index contributed by atoms with van der Waals surface area (Å²) in [7, 11) is -0.482. The van der Waals surface area contributed by atoms with Gasteiger partial charge in [-0.1, -0.05) is 58.9 Å². The highest BCUT2D eigenvalue weighted by Gasteiger charge is 2.61. The van der Waals surface area contributed by atoms with Gasteiger partial charge in [0, 0.05) is 11.3 Å². The Kier molecular flexibility index (Phi) is 4.75. The molecule has 1 saturated heterocycles. The summed E-state index contributed by atoms with van der Waals surface area (Å²) in [4.78, 5) is 27.2.